The summed E-state index contributed by atoms with van der Waals surface area (Å²) >= 11 is 0. The highest BCUT2D eigenvalue weighted by Gasteiger charge is 2.35. The summed E-state index contributed by atoms with van der Waals surface area (Å²) in [7, 11) is -4.27. The Balaban J connectivity index is 1.88. The third-order valence-electron chi connectivity index (χ3n) is 5.93. The highest BCUT2D eigenvalue weighted by atomic mass is 32.2. The average Bonchev–Trinajstić information content (AvgIpc) is 3.11. The van der Waals surface area contributed by atoms with Crippen LogP contribution in [0.25, 0.3) is 10.8 Å². The molecule has 1 aliphatic heterocycles. The fraction of sp³-hybridized carbons (Fsp3) is 0.308. The Morgan fingerprint density at radius 3 is 2.38 bits per heavy atom. The predicted molar refractivity (Wildman–Crippen MR) is 133 cm³/mol. The van der Waals surface area contributed by atoms with Crippen LogP contribution in [0.5, 0.6) is 5.75 Å². The molecule has 0 N–H and O–H groups in total. The molecule has 0 aliphatic carbocycles. The second-order valence-electron chi connectivity index (χ2n) is 8.05. The van der Waals surface area contributed by atoms with Gasteiger partial charge >= 0.3 is 0 Å². The van der Waals surface area contributed by atoms with Crippen molar-refractivity contribution in [3.05, 3.63) is 60.2 Å². The molecule has 7 nitrogen and oxygen atoms in total. The van der Waals surface area contributed by atoms with Gasteiger partial charge in [-0.1, -0.05) is 25.5 Å². The van der Waals surface area contributed by atoms with E-state index in [-0.39, 0.29) is 22.9 Å². The summed E-state index contributed by atoms with van der Waals surface area (Å²) in [6.45, 7) is 6.63. The molecule has 8 heteroatoms. The van der Waals surface area contributed by atoms with Crippen molar-refractivity contribution in [1.82, 2.24) is 0 Å². The smallest absolute Gasteiger partial charge is 0.271 e. The third kappa shape index (κ3) is 3.92. The summed E-state index contributed by atoms with van der Waals surface area (Å²) in [6.07, 6.45) is 1.44. The molecule has 3 aromatic carbocycles. The maximum atomic E-state index is 14.0. The Hall–Kier alpha value is -3.39. The van der Waals surface area contributed by atoms with Gasteiger partial charge in [-0.05, 0) is 62.7 Å². The summed E-state index contributed by atoms with van der Waals surface area (Å²) in [5.41, 5.74) is 1.40. The summed E-state index contributed by atoms with van der Waals surface area (Å²) < 4.78 is 34.4. The van der Waals surface area contributed by atoms with E-state index in [1.807, 2.05) is 20.8 Å². The zero-order valence-electron chi connectivity index (χ0n) is 19.6. The van der Waals surface area contributed by atoms with E-state index in [1.54, 1.807) is 53.4 Å². The minimum Gasteiger partial charge on any atom is -0.494 e. The van der Waals surface area contributed by atoms with Crippen molar-refractivity contribution in [3.8, 4) is 5.75 Å². The van der Waals surface area contributed by atoms with E-state index in [2.05, 4.69) is 0 Å². The first-order valence-electron chi connectivity index (χ1n) is 11.5. The second kappa shape index (κ2) is 9.46. The number of benzene rings is 3. The van der Waals surface area contributed by atoms with Gasteiger partial charge in [-0.3, -0.25) is 9.59 Å². The van der Waals surface area contributed by atoms with E-state index >= 15 is 0 Å². The Bertz CT molecular complexity index is 1350. The number of sulfonamides is 1. The van der Waals surface area contributed by atoms with Crippen molar-refractivity contribution in [2.75, 3.05) is 22.4 Å². The predicted octanol–water partition coefficient (Wildman–Crippen LogP) is 5.13. The zero-order valence-corrected chi connectivity index (χ0v) is 20.4. The number of carbonyl (C=O) groups is 2. The largest absolute Gasteiger partial charge is 0.494 e. The lowest BCUT2D eigenvalue weighted by Gasteiger charge is -2.24. The van der Waals surface area contributed by atoms with Crippen molar-refractivity contribution in [3.63, 3.8) is 0 Å². The molecule has 1 heterocycles. The number of nitrogens with zero attached hydrogens (tertiary/aromatic N) is 2. The first-order valence-corrected chi connectivity index (χ1v) is 13.0. The van der Waals surface area contributed by atoms with Crippen molar-refractivity contribution in [1.29, 1.82) is 0 Å². The minimum absolute atomic E-state index is 0.00223. The lowest BCUT2D eigenvalue weighted by atomic mass is 10.1. The number of unbranched alkanes of at least 4 members (excludes halogenated alkanes) is 1. The van der Waals surface area contributed by atoms with Gasteiger partial charge in [-0.15, -0.1) is 0 Å². The number of hydrogen-bond acceptors (Lipinski definition) is 5. The molecule has 1 aliphatic rings. The van der Waals surface area contributed by atoms with Crippen LogP contribution < -0.4 is 13.9 Å². The van der Waals surface area contributed by atoms with Gasteiger partial charge in [0.25, 0.3) is 15.9 Å². The molecule has 0 unspecified atom stereocenters. The maximum Gasteiger partial charge on any atom is 0.271 e. The van der Waals surface area contributed by atoms with Crippen LogP contribution >= 0.6 is 0 Å². The highest BCUT2D eigenvalue weighted by molar-refractivity contribution is 7.93. The fourth-order valence-electron chi connectivity index (χ4n) is 4.35. The lowest BCUT2D eigenvalue weighted by Crippen LogP contribution is -2.37. The van der Waals surface area contributed by atoms with E-state index in [4.69, 9.17) is 4.74 Å². The van der Waals surface area contributed by atoms with Gasteiger partial charge in [0.05, 0.1) is 22.9 Å². The minimum atomic E-state index is -4.27. The molecule has 178 valence electrons. The van der Waals surface area contributed by atoms with Gasteiger partial charge < -0.3 is 9.64 Å². The molecular weight excluding hydrogens is 452 g/mol. The Kier molecular flexibility index (Phi) is 6.61. The summed E-state index contributed by atoms with van der Waals surface area (Å²) in [6, 6.07) is 14.7. The van der Waals surface area contributed by atoms with Crippen LogP contribution in [0.2, 0.25) is 0 Å². The Morgan fingerprint density at radius 2 is 1.74 bits per heavy atom. The number of carbonyl (C=O) groups excluding carboxylic acids is 2. The summed E-state index contributed by atoms with van der Waals surface area (Å²) in [4.78, 5) is 27.7. The van der Waals surface area contributed by atoms with E-state index in [0.717, 1.165) is 10.7 Å². The zero-order chi connectivity index (χ0) is 24.5. The van der Waals surface area contributed by atoms with E-state index in [1.165, 1.54) is 6.07 Å². The van der Waals surface area contributed by atoms with Crippen molar-refractivity contribution in [2.45, 2.75) is 44.9 Å². The summed E-state index contributed by atoms with van der Waals surface area (Å²) in [5.74, 6) is -0.0614. The van der Waals surface area contributed by atoms with E-state index < -0.39 is 15.9 Å². The first kappa shape index (κ1) is 23.8. The van der Waals surface area contributed by atoms with Crippen LogP contribution in [0.1, 0.15) is 50.4 Å². The monoisotopic (exact) mass is 480 g/mol. The molecule has 0 spiro atoms. The number of ether oxygens (including phenoxy) is 1. The fourth-order valence-corrected chi connectivity index (χ4v) is 5.99. The molecule has 0 saturated heterocycles. The molecule has 0 fully saturated rings. The van der Waals surface area contributed by atoms with Gasteiger partial charge in [0, 0.05) is 29.3 Å². The standard InChI is InChI=1S/C26H28N2O5S/c1-4-7-11-24(29)28(18-12-14-19(15-13-18)33-6-3)34(31,32)23-17-16-22-25-20(23)9-8-10-21(25)26(30)27(22)5-2/h8-10,12-17H,4-7,11H2,1-3H3. The van der Waals surface area contributed by atoms with Crippen LogP contribution in [-0.2, 0) is 14.8 Å². The van der Waals surface area contributed by atoms with Gasteiger partial charge in [0.2, 0.25) is 5.91 Å². The highest BCUT2D eigenvalue weighted by Crippen LogP contribution is 2.41. The molecule has 0 radical (unpaired) electrons. The molecule has 3 aromatic rings. The molecule has 0 atom stereocenters. The number of amides is 2. The van der Waals surface area contributed by atoms with Crippen molar-refractivity contribution in [2.24, 2.45) is 0 Å². The quantitative estimate of drug-likeness (QED) is 0.424. The average molecular weight is 481 g/mol. The van der Waals surface area contributed by atoms with Crippen molar-refractivity contribution < 1.29 is 22.7 Å². The van der Waals surface area contributed by atoms with Crippen LogP contribution in [0.15, 0.2) is 59.5 Å². The number of rotatable bonds is 9. The normalized spacial score (nSPS) is 12.9. The molecule has 0 saturated carbocycles. The second-order valence-corrected chi connectivity index (χ2v) is 9.81. The molecular formula is C26H28N2O5S. The first-order chi connectivity index (χ1) is 16.3. The van der Waals surface area contributed by atoms with Crippen LogP contribution in [0.3, 0.4) is 0 Å². The Morgan fingerprint density at radius 1 is 1.00 bits per heavy atom. The van der Waals surface area contributed by atoms with E-state index in [9.17, 15) is 18.0 Å². The topological polar surface area (TPSA) is 84.0 Å². The van der Waals surface area contributed by atoms with Gasteiger partial charge in [0.15, 0.2) is 0 Å². The molecule has 34 heavy (non-hydrogen) atoms. The molecule has 0 bridgehead atoms. The molecule has 0 aromatic heterocycles. The van der Waals surface area contributed by atoms with Crippen LogP contribution in [0.4, 0.5) is 11.4 Å². The molecule has 2 amide bonds. The molecule has 4 rings (SSSR count). The number of hydrogen-bond donors (Lipinski definition) is 0. The van der Waals surface area contributed by atoms with Gasteiger partial charge in [-0.2, -0.15) is 0 Å². The van der Waals surface area contributed by atoms with E-state index in [0.29, 0.717) is 47.3 Å². The Labute approximate surface area is 200 Å². The SMILES string of the molecule is CCCCC(=O)N(c1ccc(OCC)cc1)S(=O)(=O)c1ccc2c3c(cccc13)C(=O)N2CC. The van der Waals surface area contributed by atoms with Crippen LogP contribution in [0, 0.1) is 0 Å². The van der Waals surface area contributed by atoms with Gasteiger partial charge in [-0.25, -0.2) is 12.7 Å². The maximum absolute atomic E-state index is 14.0. The van der Waals surface area contributed by atoms with Crippen molar-refractivity contribution >= 4 is 44.0 Å². The third-order valence-corrected chi connectivity index (χ3v) is 7.74. The number of anilines is 2. The van der Waals surface area contributed by atoms with Gasteiger partial charge in [0.1, 0.15) is 5.75 Å². The lowest BCUT2D eigenvalue weighted by molar-refractivity contribution is -0.117. The van der Waals surface area contributed by atoms with Crippen LogP contribution in [-0.4, -0.2) is 33.4 Å². The summed E-state index contributed by atoms with van der Waals surface area (Å²) in [5, 5.41) is 1.03.